The fraction of sp³-hybridized carbons (Fsp3) is 0.286. The van der Waals surface area contributed by atoms with Crippen LogP contribution < -0.4 is 10.6 Å². The third kappa shape index (κ3) is 4.41. The van der Waals surface area contributed by atoms with E-state index in [1.54, 1.807) is 12.3 Å². The van der Waals surface area contributed by atoms with Crippen LogP contribution in [0.1, 0.15) is 29.0 Å². The van der Waals surface area contributed by atoms with E-state index >= 15 is 0 Å². The highest BCUT2D eigenvalue weighted by molar-refractivity contribution is 5.84. The Morgan fingerprint density at radius 2 is 2.10 bits per heavy atom. The third-order valence-corrected chi connectivity index (χ3v) is 2.76. The summed E-state index contributed by atoms with van der Waals surface area (Å²) < 4.78 is 10.2. The van der Waals surface area contributed by atoms with Crippen molar-refractivity contribution in [1.82, 2.24) is 10.6 Å². The number of urea groups is 1. The second kappa shape index (κ2) is 6.65. The van der Waals surface area contributed by atoms with Gasteiger partial charge in [0.2, 0.25) is 5.76 Å². The number of aromatic carboxylic acids is 1. The molecule has 2 aromatic rings. The molecule has 1 unspecified atom stereocenters. The fourth-order valence-electron chi connectivity index (χ4n) is 1.81. The largest absolute Gasteiger partial charge is 0.475 e. The first-order valence-electron chi connectivity index (χ1n) is 6.43. The van der Waals surface area contributed by atoms with Gasteiger partial charge in [-0.25, -0.2) is 9.59 Å². The summed E-state index contributed by atoms with van der Waals surface area (Å²) in [6.45, 7) is 1.98. The van der Waals surface area contributed by atoms with Gasteiger partial charge in [-0.05, 0) is 31.2 Å². The first-order chi connectivity index (χ1) is 10.0. The molecule has 0 fully saturated rings. The van der Waals surface area contributed by atoms with Crippen molar-refractivity contribution in [3.8, 4) is 0 Å². The van der Waals surface area contributed by atoms with Crippen LogP contribution in [0.25, 0.3) is 0 Å². The van der Waals surface area contributed by atoms with Crippen molar-refractivity contribution in [1.29, 1.82) is 0 Å². The van der Waals surface area contributed by atoms with Gasteiger partial charge >= 0.3 is 12.0 Å². The van der Waals surface area contributed by atoms with Gasteiger partial charge < -0.3 is 24.6 Å². The Labute approximate surface area is 120 Å². The van der Waals surface area contributed by atoms with Crippen LogP contribution in [0.3, 0.4) is 0 Å². The van der Waals surface area contributed by atoms with E-state index in [0.717, 1.165) is 5.76 Å². The molecule has 0 aromatic carbocycles. The van der Waals surface area contributed by atoms with E-state index < -0.39 is 5.97 Å². The number of carboxylic acids is 1. The molecule has 2 heterocycles. The molecule has 7 heteroatoms. The van der Waals surface area contributed by atoms with Crippen LogP contribution in [0.5, 0.6) is 0 Å². The van der Waals surface area contributed by atoms with E-state index in [-0.39, 0.29) is 24.4 Å². The lowest BCUT2D eigenvalue weighted by molar-refractivity contribution is 0.0660. The molecule has 0 saturated heterocycles. The molecule has 0 saturated carbocycles. The summed E-state index contributed by atoms with van der Waals surface area (Å²) in [6.07, 6.45) is 2.17. The number of nitrogens with one attached hydrogen (secondary N) is 2. The number of furan rings is 2. The summed E-state index contributed by atoms with van der Waals surface area (Å²) in [6, 6.07) is 6.03. The smallest absolute Gasteiger partial charge is 0.371 e. The van der Waals surface area contributed by atoms with Crippen LogP contribution in [0.4, 0.5) is 4.79 Å². The SMILES string of the molecule is CC(Cc1ccco1)NC(=O)NCc1ccc(C(=O)O)o1. The first-order valence-corrected chi connectivity index (χ1v) is 6.43. The molecule has 0 aliphatic rings. The number of carbonyl (C=O) groups excluding carboxylic acids is 1. The van der Waals surface area contributed by atoms with Crippen LogP contribution in [0.2, 0.25) is 0 Å². The predicted octanol–water partition coefficient (Wildman–Crippen LogP) is 2.00. The maximum Gasteiger partial charge on any atom is 0.371 e. The van der Waals surface area contributed by atoms with Crippen molar-refractivity contribution in [3.05, 3.63) is 47.8 Å². The summed E-state index contributed by atoms with van der Waals surface area (Å²) in [5.74, 6) is -0.127. The Hall–Kier alpha value is -2.70. The quantitative estimate of drug-likeness (QED) is 0.755. The number of carbonyl (C=O) groups is 2. The van der Waals surface area contributed by atoms with Crippen LogP contribution in [0.15, 0.2) is 39.4 Å². The molecule has 0 aliphatic heterocycles. The molecule has 7 nitrogen and oxygen atoms in total. The van der Waals surface area contributed by atoms with Gasteiger partial charge in [-0.2, -0.15) is 0 Å². The van der Waals surface area contributed by atoms with Crippen LogP contribution >= 0.6 is 0 Å². The Kier molecular flexibility index (Phi) is 4.65. The molecule has 0 spiro atoms. The van der Waals surface area contributed by atoms with E-state index in [9.17, 15) is 9.59 Å². The van der Waals surface area contributed by atoms with Crippen molar-refractivity contribution in [2.45, 2.75) is 25.9 Å². The first kappa shape index (κ1) is 14.7. The average Bonchev–Trinajstić information content (AvgIpc) is 3.06. The van der Waals surface area contributed by atoms with Crippen molar-refractivity contribution in [2.75, 3.05) is 0 Å². The Bertz CT molecular complexity index is 603. The zero-order chi connectivity index (χ0) is 15.2. The molecule has 2 aromatic heterocycles. The number of hydrogen-bond acceptors (Lipinski definition) is 4. The van der Waals surface area contributed by atoms with Crippen molar-refractivity contribution < 1.29 is 23.5 Å². The monoisotopic (exact) mass is 292 g/mol. The van der Waals surface area contributed by atoms with Crippen molar-refractivity contribution in [2.24, 2.45) is 0 Å². The molecule has 21 heavy (non-hydrogen) atoms. The lowest BCUT2D eigenvalue weighted by Crippen LogP contribution is -2.41. The molecule has 3 N–H and O–H groups in total. The van der Waals surface area contributed by atoms with E-state index in [1.165, 1.54) is 12.1 Å². The second-order valence-corrected chi connectivity index (χ2v) is 4.58. The molecule has 0 radical (unpaired) electrons. The summed E-state index contributed by atoms with van der Waals surface area (Å²) in [5.41, 5.74) is 0. The standard InChI is InChI=1S/C14H16N2O5/c1-9(7-10-3-2-6-20-10)16-14(19)15-8-11-4-5-12(21-11)13(17)18/h2-6,9H,7-8H2,1H3,(H,17,18)(H2,15,16,19). The maximum atomic E-state index is 11.7. The minimum Gasteiger partial charge on any atom is -0.475 e. The number of carboxylic acid groups (broad SMARTS) is 1. The summed E-state index contributed by atoms with van der Waals surface area (Å²) in [4.78, 5) is 22.3. The molecule has 2 amide bonds. The number of amides is 2. The van der Waals surface area contributed by atoms with Gasteiger partial charge in [-0.1, -0.05) is 0 Å². The molecule has 112 valence electrons. The van der Waals surface area contributed by atoms with Crippen LogP contribution in [-0.2, 0) is 13.0 Å². The van der Waals surface area contributed by atoms with E-state index in [0.29, 0.717) is 12.2 Å². The van der Waals surface area contributed by atoms with Crippen molar-refractivity contribution in [3.63, 3.8) is 0 Å². The lowest BCUT2D eigenvalue weighted by atomic mass is 10.2. The molecule has 0 bridgehead atoms. The highest BCUT2D eigenvalue weighted by Crippen LogP contribution is 2.07. The number of rotatable bonds is 6. The van der Waals surface area contributed by atoms with Crippen LogP contribution in [-0.4, -0.2) is 23.1 Å². The van der Waals surface area contributed by atoms with Gasteiger partial charge in [0, 0.05) is 12.5 Å². The highest BCUT2D eigenvalue weighted by Gasteiger charge is 2.11. The van der Waals surface area contributed by atoms with E-state index in [4.69, 9.17) is 13.9 Å². The summed E-state index contributed by atoms with van der Waals surface area (Å²) in [5, 5.41) is 14.1. The Morgan fingerprint density at radius 3 is 2.71 bits per heavy atom. The topological polar surface area (TPSA) is 105 Å². The normalized spacial score (nSPS) is 11.9. The van der Waals surface area contributed by atoms with Gasteiger partial charge in [-0.15, -0.1) is 0 Å². The van der Waals surface area contributed by atoms with Crippen molar-refractivity contribution >= 4 is 12.0 Å². The zero-order valence-corrected chi connectivity index (χ0v) is 11.5. The average molecular weight is 292 g/mol. The predicted molar refractivity (Wildman–Crippen MR) is 72.9 cm³/mol. The fourth-order valence-corrected chi connectivity index (χ4v) is 1.81. The van der Waals surface area contributed by atoms with Gasteiger partial charge in [0.25, 0.3) is 0 Å². The zero-order valence-electron chi connectivity index (χ0n) is 11.5. The Morgan fingerprint density at radius 1 is 1.29 bits per heavy atom. The third-order valence-electron chi connectivity index (χ3n) is 2.76. The summed E-state index contributed by atoms with van der Waals surface area (Å²) >= 11 is 0. The molecular formula is C14H16N2O5. The van der Waals surface area contributed by atoms with E-state index in [2.05, 4.69) is 10.6 Å². The minimum atomic E-state index is -1.14. The van der Waals surface area contributed by atoms with Crippen LogP contribution in [0, 0.1) is 0 Å². The molecule has 2 rings (SSSR count). The maximum absolute atomic E-state index is 11.7. The van der Waals surface area contributed by atoms with E-state index in [1.807, 2.05) is 13.0 Å². The highest BCUT2D eigenvalue weighted by atomic mass is 16.4. The lowest BCUT2D eigenvalue weighted by Gasteiger charge is -2.12. The summed E-state index contributed by atoms with van der Waals surface area (Å²) in [7, 11) is 0. The van der Waals surface area contributed by atoms with Gasteiger partial charge in [0.05, 0.1) is 12.8 Å². The van der Waals surface area contributed by atoms with Gasteiger partial charge in [-0.3, -0.25) is 0 Å². The minimum absolute atomic E-state index is 0.0951. The molecular weight excluding hydrogens is 276 g/mol. The number of hydrogen-bond donors (Lipinski definition) is 3. The molecule has 0 aliphatic carbocycles. The second-order valence-electron chi connectivity index (χ2n) is 4.58. The molecule has 1 atom stereocenters. The van der Waals surface area contributed by atoms with Gasteiger partial charge in [0.1, 0.15) is 11.5 Å². The Balaban J connectivity index is 1.75. The van der Waals surface area contributed by atoms with Gasteiger partial charge in [0.15, 0.2) is 0 Å².